The van der Waals surface area contributed by atoms with Crippen LogP contribution in [0.4, 0.5) is 5.69 Å². The average molecular weight is 457 g/mol. The summed E-state index contributed by atoms with van der Waals surface area (Å²) in [5.74, 6) is -0.0501. The quantitative estimate of drug-likeness (QED) is 0.505. The Morgan fingerprint density at radius 2 is 2.03 bits per heavy atom. The number of carbonyl (C=O) groups excluding carboxylic acids is 1. The molecule has 3 aromatic rings. The maximum Gasteiger partial charge on any atom is 0.226 e. The van der Waals surface area contributed by atoms with Gasteiger partial charge in [-0.25, -0.2) is 0 Å². The van der Waals surface area contributed by atoms with Crippen molar-refractivity contribution in [2.75, 3.05) is 11.9 Å². The van der Waals surface area contributed by atoms with E-state index in [1.54, 1.807) is 6.20 Å². The van der Waals surface area contributed by atoms with Crippen LogP contribution in [0.5, 0.6) is 0 Å². The molecule has 1 fully saturated rings. The molecule has 30 heavy (non-hydrogen) atoms. The van der Waals surface area contributed by atoms with Crippen LogP contribution >= 0.6 is 35.2 Å². The van der Waals surface area contributed by atoms with Gasteiger partial charge in [0.15, 0.2) is 5.11 Å². The number of thiocarbonyl (C=S) groups is 1. The Morgan fingerprint density at radius 3 is 2.70 bits per heavy atom. The number of rotatable bonds is 6. The molecule has 1 amide bonds. The molecule has 2 atom stereocenters. The highest BCUT2D eigenvalue weighted by atomic mass is 35.5. The molecule has 154 valence electrons. The average Bonchev–Trinajstić information content (AvgIpc) is 3.31. The Bertz CT molecular complexity index is 1040. The van der Waals surface area contributed by atoms with Gasteiger partial charge in [0.2, 0.25) is 5.91 Å². The van der Waals surface area contributed by atoms with Gasteiger partial charge in [-0.2, -0.15) is 0 Å². The van der Waals surface area contributed by atoms with E-state index in [1.165, 1.54) is 11.3 Å². The first-order valence-electron chi connectivity index (χ1n) is 9.61. The zero-order valence-corrected chi connectivity index (χ0v) is 18.7. The van der Waals surface area contributed by atoms with Gasteiger partial charge in [-0.3, -0.25) is 9.78 Å². The van der Waals surface area contributed by atoms with Crippen LogP contribution in [0.2, 0.25) is 4.34 Å². The molecule has 3 heterocycles. The smallest absolute Gasteiger partial charge is 0.226 e. The van der Waals surface area contributed by atoms with Crippen molar-refractivity contribution in [1.29, 1.82) is 0 Å². The molecule has 2 unspecified atom stereocenters. The third-order valence-electron chi connectivity index (χ3n) is 5.00. The predicted molar refractivity (Wildman–Crippen MR) is 126 cm³/mol. The standard InChI is InChI=1S/C22H21ClN4OS2/c1-14-5-7-15(8-6-14)25-19(28)11-13-27-21(17-9-10-18(23)30-17)20(26-22(27)29)16-4-2-3-12-24-16/h2-10,12,20-21H,11,13H2,1H3,(H,25,28)(H,26,29). The molecule has 5 nitrogen and oxygen atoms in total. The Kier molecular flexibility index (Phi) is 6.32. The predicted octanol–water partition coefficient (Wildman–Crippen LogP) is 5.11. The fourth-order valence-corrected chi connectivity index (χ4v) is 5.07. The Morgan fingerprint density at radius 1 is 1.23 bits per heavy atom. The second-order valence-electron chi connectivity index (χ2n) is 7.13. The van der Waals surface area contributed by atoms with Gasteiger partial charge in [-0.15, -0.1) is 11.3 Å². The first-order valence-corrected chi connectivity index (χ1v) is 11.2. The largest absolute Gasteiger partial charge is 0.352 e. The van der Waals surface area contributed by atoms with Gasteiger partial charge in [0.1, 0.15) is 0 Å². The number of benzene rings is 1. The van der Waals surface area contributed by atoms with Gasteiger partial charge in [-0.1, -0.05) is 35.4 Å². The number of anilines is 1. The maximum atomic E-state index is 12.5. The zero-order chi connectivity index (χ0) is 21.1. The number of aryl methyl sites for hydroxylation is 1. The molecular weight excluding hydrogens is 436 g/mol. The molecular formula is C22H21ClN4OS2. The fourth-order valence-electron chi connectivity index (χ4n) is 3.52. The molecule has 8 heteroatoms. The monoisotopic (exact) mass is 456 g/mol. The van der Waals surface area contributed by atoms with Crippen molar-refractivity contribution < 1.29 is 4.79 Å². The van der Waals surface area contributed by atoms with Crippen molar-refractivity contribution in [1.82, 2.24) is 15.2 Å². The SMILES string of the molecule is Cc1ccc(NC(=O)CCN2C(=S)NC(c3ccccn3)C2c2ccc(Cl)s2)cc1. The molecule has 0 spiro atoms. The van der Waals surface area contributed by atoms with Crippen molar-refractivity contribution in [3.63, 3.8) is 0 Å². The van der Waals surface area contributed by atoms with Crippen molar-refractivity contribution in [3.8, 4) is 0 Å². The van der Waals surface area contributed by atoms with E-state index in [4.69, 9.17) is 23.8 Å². The number of thiophene rings is 1. The minimum absolute atomic E-state index is 0.0501. The fraction of sp³-hybridized carbons (Fsp3) is 0.227. The highest BCUT2D eigenvalue weighted by Gasteiger charge is 2.40. The van der Waals surface area contributed by atoms with Crippen LogP contribution in [-0.2, 0) is 4.79 Å². The number of nitrogens with zero attached hydrogens (tertiary/aromatic N) is 2. The van der Waals surface area contributed by atoms with Gasteiger partial charge < -0.3 is 15.5 Å². The van der Waals surface area contributed by atoms with Gasteiger partial charge in [0.05, 0.1) is 22.1 Å². The second-order valence-corrected chi connectivity index (χ2v) is 9.26. The highest BCUT2D eigenvalue weighted by molar-refractivity contribution is 7.80. The lowest BCUT2D eigenvalue weighted by Crippen LogP contribution is -2.32. The van der Waals surface area contributed by atoms with Gasteiger partial charge in [0.25, 0.3) is 0 Å². The second kappa shape index (κ2) is 9.12. The summed E-state index contributed by atoms with van der Waals surface area (Å²) < 4.78 is 0.722. The van der Waals surface area contributed by atoms with Crippen LogP contribution in [0.15, 0.2) is 60.8 Å². The molecule has 1 aliphatic rings. The summed E-state index contributed by atoms with van der Waals surface area (Å²) in [7, 11) is 0. The minimum atomic E-state index is -0.103. The summed E-state index contributed by atoms with van der Waals surface area (Å²) in [5, 5.41) is 6.95. The Labute approximate surface area is 190 Å². The van der Waals surface area contributed by atoms with Crippen LogP contribution in [0.25, 0.3) is 0 Å². The number of nitrogens with one attached hydrogen (secondary N) is 2. The third-order valence-corrected chi connectivity index (χ3v) is 6.65. The number of aromatic nitrogens is 1. The number of halogens is 1. The topological polar surface area (TPSA) is 57.3 Å². The molecule has 1 saturated heterocycles. The number of pyridine rings is 1. The van der Waals surface area contributed by atoms with Crippen molar-refractivity contribution in [2.45, 2.75) is 25.4 Å². The van der Waals surface area contributed by atoms with E-state index in [1.807, 2.05) is 61.5 Å². The van der Waals surface area contributed by atoms with Gasteiger partial charge >= 0.3 is 0 Å². The summed E-state index contributed by atoms with van der Waals surface area (Å²) in [6, 6.07) is 17.3. The van der Waals surface area contributed by atoms with E-state index in [-0.39, 0.29) is 18.0 Å². The maximum absolute atomic E-state index is 12.5. The molecule has 2 N–H and O–H groups in total. The molecule has 1 aliphatic heterocycles. The number of amides is 1. The van der Waals surface area contributed by atoms with Crippen LogP contribution in [0.1, 0.15) is 34.6 Å². The van der Waals surface area contributed by atoms with Crippen LogP contribution in [0, 0.1) is 6.92 Å². The van der Waals surface area contributed by atoms with Gasteiger partial charge in [0, 0.05) is 29.7 Å². The summed E-state index contributed by atoms with van der Waals surface area (Å²) in [6.07, 6.45) is 2.09. The van der Waals surface area contributed by atoms with Crippen LogP contribution in [-0.4, -0.2) is 27.4 Å². The number of carbonyl (C=O) groups is 1. The lowest BCUT2D eigenvalue weighted by atomic mass is 10.0. The van der Waals surface area contributed by atoms with Crippen molar-refractivity contribution in [2.24, 2.45) is 0 Å². The Balaban J connectivity index is 1.51. The molecule has 0 saturated carbocycles. The van der Waals surface area contributed by atoms with Crippen LogP contribution in [0.3, 0.4) is 0 Å². The number of hydrogen-bond acceptors (Lipinski definition) is 4. The van der Waals surface area contributed by atoms with E-state index in [0.29, 0.717) is 18.1 Å². The molecule has 0 radical (unpaired) electrons. The summed E-state index contributed by atoms with van der Waals surface area (Å²) in [4.78, 5) is 20.2. The van der Waals surface area contributed by atoms with E-state index < -0.39 is 0 Å². The third kappa shape index (κ3) is 4.64. The van der Waals surface area contributed by atoms with E-state index in [9.17, 15) is 4.79 Å². The summed E-state index contributed by atoms with van der Waals surface area (Å²) in [5.41, 5.74) is 2.85. The summed E-state index contributed by atoms with van der Waals surface area (Å²) >= 11 is 13.4. The normalized spacial score (nSPS) is 18.3. The molecule has 0 aliphatic carbocycles. The molecule has 2 aromatic heterocycles. The Hall–Kier alpha value is -2.48. The lowest BCUT2D eigenvalue weighted by Gasteiger charge is -2.26. The van der Waals surface area contributed by atoms with Crippen molar-refractivity contribution in [3.05, 3.63) is 81.3 Å². The molecule has 4 rings (SSSR count). The molecule has 1 aromatic carbocycles. The number of hydrogen-bond donors (Lipinski definition) is 2. The minimum Gasteiger partial charge on any atom is -0.352 e. The van der Waals surface area contributed by atoms with Crippen molar-refractivity contribution >= 4 is 51.9 Å². The first-order chi connectivity index (χ1) is 14.5. The van der Waals surface area contributed by atoms with E-state index >= 15 is 0 Å². The van der Waals surface area contributed by atoms with E-state index in [0.717, 1.165) is 26.2 Å². The highest BCUT2D eigenvalue weighted by Crippen LogP contribution is 2.42. The summed E-state index contributed by atoms with van der Waals surface area (Å²) in [6.45, 7) is 2.51. The van der Waals surface area contributed by atoms with Gasteiger partial charge in [-0.05, 0) is 55.5 Å². The first kappa shape index (κ1) is 20.8. The van der Waals surface area contributed by atoms with E-state index in [2.05, 4.69) is 20.5 Å². The lowest BCUT2D eigenvalue weighted by molar-refractivity contribution is -0.116. The van der Waals surface area contributed by atoms with Crippen LogP contribution < -0.4 is 10.6 Å². The molecule has 0 bridgehead atoms. The zero-order valence-electron chi connectivity index (χ0n) is 16.3.